The molecule has 0 spiro atoms. The maximum Gasteiger partial charge on any atom is 0.335 e. The molecule has 1 saturated heterocycles. The number of thiocarbonyl (C=S) groups is 1. The van der Waals surface area contributed by atoms with Gasteiger partial charge in [0, 0.05) is 18.8 Å². The zero-order valence-corrected chi connectivity index (χ0v) is 15.3. The van der Waals surface area contributed by atoms with Gasteiger partial charge in [0.2, 0.25) is 0 Å². The average molecular weight is 379 g/mol. The summed E-state index contributed by atoms with van der Waals surface area (Å²) in [5.74, 6) is 0.484. The number of carboxylic acids is 1. The number of carboxylic acid groups (broad SMARTS) is 1. The van der Waals surface area contributed by atoms with Gasteiger partial charge in [-0.05, 0) is 48.6 Å². The number of hydrogen-bond acceptors (Lipinski definition) is 4. The van der Waals surface area contributed by atoms with E-state index >= 15 is 0 Å². The number of furan rings is 1. The molecule has 27 heavy (non-hydrogen) atoms. The zero-order chi connectivity index (χ0) is 19.0. The van der Waals surface area contributed by atoms with Gasteiger partial charge in [-0.15, -0.1) is 0 Å². The molecule has 3 heterocycles. The number of carbonyl (C=O) groups is 1. The second kappa shape index (κ2) is 6.85. The molecule has 2 atom stereocenters. The van der Waals surface area contributed by atoms with Crippen LogP contribution in [0.25, 0.3) is 11.3 Å². The van der Waals surface area contributed by atoms with E-state index in [1.165, 1.54) is 0 Å². The van der Waals surface area contributed by atoms with E-state index in [4.69, 9.17) is 21.7 Å². The lowest BCUT2D eigenvalue weighted by molar-refractivity contribution is 0.0697. The van der Waals surface area contributed by atoms with Gasteiger partial charge < -0.3 is 19.7 Å². The van der Waals surface area contributed by atoms with Crippen molar-refractivity contribution in [2.45, 2.75) is 12.1 Å². The van der Waals surface area contributed by atoms with Gasteiger partial charge >= 0.3 is 5.97 Å². The molecule has 6 nitrogen and oxygen atoms in total. The van der Waals surface area contributed by atoms with Gasteiger partial charge in [0.25, 0.3) is 0 Å². The first kappa shape index (κ1) is 17.2. The van der Waals surface area contributed by atoms with E-state index in [-0.39, 0.29) is 17.6 Å². The quantitative estimate of drug-likeness (QED) is 0.670. The highest BCUT2D eigenvalue weighted by Crippen LogP contribution is 2.39. The van der Waals surface area contributed by atoms with Gasteiger partial charge in [-0.1, -0.05) is 18.2 Å². The monoisotopic (exact) mass is 379 g/mol. The molecule has 1 aromatic carbocycles. The molecule has 3 aromatic rings. The summed E-state index contributed by atoms with van der Waals surface area (Å²) in [5, 5.41) is 13.0. The first-order valence-corrected chi connectivity index (χ1v) is 8.83. The van der Waals surface area contributed by atoms with Crippen LogP contribution in [0.3, 0.4) is 0 Å². The largest absolute Gasteiger partial charge is 0.478 e. The Labute approximate surface area is 161 Å². The Morgan fingerprint density at radius 3 is 2.63 bits per heavy atom. The minimum Gasteiger partial charge on any atom is -0.478 e. The molecule has 0 unspecified atom stereocenters. The summed E-state index contributed by atoms with van der Waals surface area (Å²) in [4.78, 5) is 17.4. The number of nitrogens with one attached hydrogen (secondary N) is 1. The van der Waals surface area contributed by atoms with Crippen LogP contribution in [0.1, 0.15) is 33.9 Å². The number of aromatic carboxylic acids is 1. The molecule has 0 saturated carbocycles. The number of benzene rings is 1. The molecule has 0 aliphatic carbocycles. The van der Waals surface area contributed by atoms with Crippen molar-refractivity contribution in [2.24, 2.45) is 0 Å². The lowest BCUT2D eigenvalue weighted by Gasteiger charge is -2.21. The fourth-order valence-electron chi connectivity index (χ4n) is 3.26. The molecule has 0 radical (unpaired) electrons. The maximum absolute atomic E-state index is 11.0. The predicted octanol–water partition coefficient (Wildman–Crippen LogP) is 3.64. The normalized spacial score (nSPS) is 19.1. The van der Waals surface area contributed by atoms with E-state index in [0.717, 1.165) is 17.0 Å². The third kappa shape index (κ3) is 3.17. The van der Waals surface area contributed by atoms with Crippen LogP contribution in [-0.4, -0.2) is 33.1 Å². The number of nitrogens with zero attached hydrogens (tertiary/aromatic N) is 2. The smallest absolute Gasteiger partial charge is 0.335 e. The minimum absolute atomic E-state index is 0.114. The number of aromatic nitrogens is 1. The van der Waals surface area contributed by atoms with Gasteiger partial charge in [0.05, 0.1) is 17.3 Å². The van der Waals surface area contributed by atoms with E-state index in [1.807, 2.05) is 42.3 Å². The molecule has 7 heteroatoms. The highest BCUT2D eigenvalue weighted by molar-refractivity contribution is 7.80. The minimum atomic E-state index is -0.952. The van der Waals surface area contributed by atoms with Gasteiger partial charge in [-0.25, -0.2) is 4.79 Å². The standard InChI is InChI=1S/C20H17N3O3S/c1-23-18(17(22-20(23)27)14-4-2-3-11-21-14)16-10-9-15(26-16)12-5-7-13(8-6-12)19(24)25/h2-11,17-18H,1H3,(H,22,27)(H,24,25)/t17-,18-/m0/s1. The van der Waals surface area contributed by atoms with Gasteiger partial charge in [-0.3, -0.25) is 4.98 Å². The summed E-state index contributed by atoms with van der Waals surface area (Å²) < 4.78 is 6.11. The Morgan fingerprint density at radius 2 is 1.96 bits per heavy atom. The van der Waals surface area contributed by atoms with Crippen LogP contribution < -0.4 is 5.32 Å². The summed E-state index contributed by atoms with van der Waals surface area (Å²) in [6.07, 6.45) is 1.76. The van der Waals surface area contributed by atoms with Crippen LogP contribution in [-0.2, 0) is 0 Å². The summed E-state index contributed by atoms with van der Waals surface area (Å²) in [6.45, 7) is 0. The highest BCUT2D eigenvalue weighted by Gasteiger charge is 2.39. The summed E-state index contributed by atoms with van der Waals surface area (Å²) in [7, 11) is 1.92. The van der Waals surface area contributed by atoms with Crippen molar-refractivity contribution in [3.05, 3.63) is 77.8 Å². The fourth-order valence-corrected chi connectivity index (χ4v) is 3.50. The molecule has 1 aliphatic heterocycles. The number of likely N-dealkylation sites (N-methyl/N-ethyl adjacent to an activating group) is 1. The Hall–Kier alpha value is -3.19. The van der Waals surface area contributed by atoms with Crippen molar-refractivity contribution in [1.82, 2.24) is 15.2 Å². The SMILES string of the molecule is CN1C(=S)N[C@@H](c2ccccn2)[C@@H]1c1ccc(-c2ccc(C(=O)O)cc2)o1. The number of pyridine rings is 1. The molecule has 1 aliphatic rings. The number of rotatable bonds is 4. The summed E-state index contributed by atoms with van der Waals surface area (Å²) >= 11 is 5.42. The molecule has 0 bridgehead atoms. The Morgan fingerprint density at radius 1 is 1.19 bits per heavy atom. The maximum atomic E-state index is 11.0. The van der Waals surface area contributed by atoms with Crippen LogP contribution in [0.5, 0.6) is 0 Å². The molecule has 2 aromatic heterocycles. The molecular formula is C20H17N3O3S. The van der Waals surface area contributed by atoms with E-state index in [0.29, 0.717) is 10.9 Å². The van der Waals surface area contributed by atoms with Crippen molar-refractivity contribution in [3.63, 3.8) is 0 Å². The van der Waals surface area contributed by atoms with Crippen LogP contribution >= 0.6 is 12.2 Å². The fraction of sp³-hybridized carbons (Fsp3) is 0.150. The lowest BCUT2D eigenvalue weighted by atomic mass is 10.0. The van der Waals surface area contributed by atoms with E-state index in [9.17, 15) is 4.79 Å². The summed E-state index contributed by atoms with van der Waals surface area (Å²) in [6, 6.07) is 16.0. The molecule has 1 fully saturated rings. The van der Waals surface area contributed by atoms with Crippen molar-refractivity contribution in [3.8, 4) is 11.3 Å². The van der Waals surface area contributed by atoms with Crippen molar-refractivity contribution in [1.29, 1.82) is 0 Å². The predicted molar refractivity (Wildman–Crippen MR) is 104 cm³/mol. The molecule has 136 valence electrons. The first-order valence-electron chi connectivity index (χ1n) is 8.42. The van der Waals surface area contributed by atoms with Crippen LogP contribution in [0.4, 0.5) is 0 Å². The van der Waals surface area contributed by atoms with Crippen LogP contribution in [0, 0.1) is 0 Å². The van der Waals surface area contributed by atoms with Crippen LogP contribution in [0.2, 0.25) is 0 Å². The van der Waals surface area contributed by atoms with E-state index < -0.39 is 5.97 Å². The average Bonchev–Trinajstić information content (AvgIpc) is 3.28. The van der Waals surface area contributed by atoms with Gasteiger partial charge in [0.1, 0.15) is 17.6 Å². The summed E-state index contributed by atoms with van der Waals surface area (Å²) in [5.41, 5.74) is 1.95. The van der Waals surface area contributed by atoms with E-state index in [1.54, 1.807) is 30.5 Å². The molecule has 0 amide bonds. The van der Waals surface area contributed by atoms with Crippen molar-refractivity contribution < 1.29 is 14.3 Å². The molecule has 2 N–H and O–H groups in total. The third-order valence-corrected chi connectivity index (χ3v) is 5.08. The molecular weight excluding hydrogens is 362 g/mol. The van der Waals surface area contributed by atoms with Crippen molar-refractivity contribution >= 4 is 23.3 Å². The van der Waals surface area contributed by atoms with Gasteiger partial charge in [0.15, 0.2) is 5.11 Å². The zero-order valence-electron chi connectivity index (χ0n) is 14.5. The number of hydrogen-bond donors (Lipinski definition) is 2. The first-order chi connectivity index (χ1) is 13.0. The second-order valence-electron chi connectivity index (χ2n) is 6.32. The lowest BCUT2D eigenvalue weighted by Crippen LogP contribution is -2.24. The highest BCUT2D eigenvalue weighted by atomic mass is 32.1. The Kier molecular flexibility index (Phi) is 4.37. The Bertz CT molecular complexity index is 985. The van der Waals surface area contributed by atoms with Crippen LogP contribution in [0.15, 0.2) is 65.2 Å². The molecule has 4 rings (SSSR count). The third-order valence-electron chi connectivity index (χ3n) is 4.67. The topological polar surface area (TPSA) is 78.6 Å². The van der Waals surface area contributed by atoms with E-state index in [2.05, 4.69) is 10.3 Å². The van der Waals surface area contributed by atoms with Gasteiger partial charge in [-0.2, -0.15) is 0 Å². The second-order valence-corrected chi connectivity index (χ2v) is 6.71. The van der Waals surface area contributed by atoms with Crippen molar-refractivity contribution in [2.75, 3.05) is 7.05 Å². The Balaban J connectivity index is 1.66.